The van der Waals surface area contributed by atoms with Crippen LogP contribution in [0.4, 0.5) is 0 Å². The molecule has 0 aliphatic heterocycles. The van der Waals surface area contributed by atoms with Gasteiger partial charge in [0.05, 0.1) is 5.56 Å². The number of hydrogen-bond donors (Lipinski definition) is 1. The fourth-order valence-corrected chi connectivity index (χ4v) is 0.910. The van der Waals surface area contributed by atoms with Crippen LogP contribution in [-0.4, -0.2) is 5.91 Å². The molecule has 1 rings (SSSR count). The highest BCUT2D eigenvalue weighted by Gasteiger charge is 2.03. The lowest BCUT2D eigenvalue weighted by molar-refractivity contribution is 0.1000. The predicted octanol–water partition coefficient (Wildman–Crippen LogP) is 0.770. The average Bonchev–Trinajstić information content (AvgIpc) is 2.15. The largest absolute Gasteiger partial charge is 0.366 e. The SMILES string of the molecule is C#CC#Cc1ccccc1C(N)=O. The second kappa shape index (κ2) is 3.99. The predicted molar refractivity (Wildman–Crippen MR) is 50.7 cm³/mol. The maximum absolute atomic E-state index is 10.9. The highest BCUT2D eigenvalue weighted by molar-refractivity contribution is 5.95. The molecule has 0 aliphatic carbocycles. The fourth-order valence-electron chi connectivity index (χ4n) is 0.910. The van der Waals surface area contributed by atoms with Gasteiger partial charge in [0.1, 0.15) is 0 Å². The van der Waals surface area contributed by atoms with Gasteiger partial charge in [-0.15, -0.1) is 6.42 Å². The van der Waals surface area contributed by atoms with E-state index in [1.54, 1.807) is 24.3 Å². The number of primary amides is 1. The van der Waals surface area contributed by atoms with Crippen molar-refractivity contribution in [2.24, 2.45) is 5.73 Å². The van der Waals surface area contributed by atoms with Crippen LogP contribution < -0.4 is 5.73 Å². The van der Waals surface area contributed by atoms with Crippen LogP contribution in [0.5, 0.6) is 0 Å². The number of hydrogen-bond acceptors (Lipinski definition) is 1. The van der Waals surface area contributed by atoms with E-state index in [9.17, 15) is 4.79 Å². The second-order valence-electron chi connectivity index (χ2n) is 2.30. The van der Waals surface area contributed by atoms with Crippen molar-refractivity contribution in [2.45, 2.75) is 0 Å². The van der Waals surface area contributed by atoms with E-state index >= 15 is 0 Å². The molecule has 1 amide bonds. The van der Waals surface area contributed by atoms with Crippen LogP contribution in [0.3, 0.4) is 0 Å². The van der Waals surface area contributed by atoms with Crippen molar-refractivity contribution < 1.29 is 4.79 Å². The number of benzene rings is 1. The molecule has 0 saturated heterocycles. The van der Waals surface area contributed by atoms with E-state index in [4.69, 9.17) is 12.2 Å². The Morgan fingerprint density at radius 3 is 2.69 bits per heavy atom. The maximum Gasteiger partial charge on any atom is 0.249 e. The molecule has 2 N–H and O–H groups in total. The van der Waals surface area contributed by atoms with Gasteiger partial charge in [-0.2, -0.15) is 0 Å². The summed E-state index contributed by atoms with van der Waals surface area (Å²) in [6, 6.07) is 6.81. The minimum atomic E-state index is -0.498. The molecule has 0 heterocycles. The summed E-state index contributed by atoms with van der Waals surface area (Å²) in [6.45, 7) is 0. The molecule has 0 spiro atoms. The summed E-state index contributed by atoms with van der Waals surface area (Å²) < 4.78 is 0. The van der Waals surface area contributed by atoms with E-state index in [-0.39, 0.29) is 0 Å². The molecule has 0 aromatic heterocycles. The van der Waals surface area contributed by atoms with Gasteiger partial charge in [-0.1, -0.05) is 18.1 Å². The van der Waals surface area contributed by atoms with Crippen LogP contribution in [0.1, 0.15) is 15.9 Å². The highest BCUT2D eigenvalue weighted by Crippen LogP contribution is 2.05. The van der Waals surface area contributed by atoms with Crippen LogP contribution >= 0.6 is 0 Å². The van der Waals surface area contributed by atoms with Gasteiger partial charge in [-0.3, -0.25) is 4.79 Å². The molecule has 0 fully saturated rings. The Balaban J connectivity index is 3.22. The molecule has 0 saturated carbocycles. The van der Waals surface area contributed by atoms with Crippen molar-refractivity contribution in [3.63, 3.8) is 0 Å². The van der Waals surface area contributed by atoms with Gasteiger partial charge in [0.15, 0.2) is 0 Å². The number of rotatable bonds is 1. The average molecular weight is 169 g/mol. The van der Waals surface area contributed by atoms with Crippen molar-refractivity contribution >= 4 is 5.91 Å². The maximum atomic E-state index is 10.9. The van der Waals surface area contributed by atoms with E-state index in [2.05, 4.69) is 17.8 Å². The summed E-state index contributed by atoms with van der Waals surface area (Å²) in [7, 11) is 0. The molecule has 1 aromatic rings. The monoisotopic (exact) mass is 169 g/mol. The Morgan fingerprint density at radius 2 is 2.08 bits per heavy atom. The third-order valence-electron chi connectivity index (χ3n) is 1.46. The van der Waals surface area contributed by atoms with Gasteiger partial charge in [0, 0.05) is 5.56 Å². The van der Waals surface area contributed by atoms with Crippen molar-refractivity contribution in [3.05, 3.63) is 35.4 Å². The Kier molecular flexibility index (Phi) is 2.73. The summed E-state index contributed by atoms with van der Waals surface area (Å²) in [5.41, 5.74) is 6.08. The van der Waals surface area contributed by atoms with Crippen LogP contribution in [0.2, 0.25) is 0 Å². The summed E-state index contributed by atoms with van der Waals surface area (Å²) in [4.78, 5) is 10.9. The van der Waals surface area contributed by atoms with Gasteiger partial charge in [-0.05, 0) is 24.0 Å². The van der Waals surface area contributed by atoms with E-state index in [0.717, 1.165) is 0 Å². The molecule has 0 aliphatic rings. The number of carbonyl (C=O) groups is 1. The van der Waals surface area contributed by atoms with Gasteiger partial charge < -0.3 is 5.73 Å². The quantitative estimate of drug-likeness (QED) is 0.620. The second-order valence-corrected chi connectivity index (χ2v) is 2.30. The standard InChI is InChI=1S/C11H7NO/c1-2-3-6-9-7-4-5-8-10(9)11(12)13/h1,4-5,7-8H,(H2,12,13). The third kappa shape index (κ3) is 2.12. The minimum Gasteiger partial charge on any atom is -0.366 e. The lowest BCUT2D eigenvalue weighted by Crippen LogP contribution is -2.12. The summed E-state index contributed by atoms with van der Waals surface area (Å²) in [5.74, 6) is 6.76. The van der Waals surface area contributed by atoms with Gasteiger partial charge in [0.2, 0.25) is 5.91 Å². The topological polar surface area (TPSA) is 43.1 Å². The smallest absolute Gasteiger partial charge is 0.249 e. The molecule has 0 bridgehead atoms. The Labute approximate surface area is 76.8 Å². The van der Waals surface area contributed by atoms with Crippen LogP contribution in [0.25, 0.3) is 0 Å². The number of nitrogens with two attached hydrogens (primary N) is 1. The summed E-state index contributed by atoms with van der Waals surface area (Å²) in [5, 5.41) is 0. The number of carbonyl (C=O) groups excluding carboxylic acids is 1. The molecule has 1 aromatic carbocycles. The Bertz CT molecular complexity index is 429. The van der Waals surface area contributed by atoms with Crippen molar-refractivity contribution in [3.8, 4) is 24.2 Å². The van der Waals surface area contributed by atoms with E-state index < -0.39 is 5.91 Å². The highest BCUT2D eigenvalue weighted by atomic mass is 16.1. The zero-order valence-electron chi connectivity index (χ0n) is 6.87. The molecule has 62 valence electrons. The molecular formula is C11H7NO. The summed E-state index contributed by atoms with van der Waals surface area (Å²) in [6.07, 6.45) is 4.96. The van der Waals surface area contributed by atoms with E-state index in [1.165, 1.54) is 0 Å². The molecule has 0 radical (unpaired) electrons. The molecule has 2 nitrogen and oxygen atoms in total. The molecular weight excluding hydrogens is 162 g/mol. The fraction of sp³-hybridized carbons (Fsp3) is 0. The third-order valence-corrected chi connectivity index (χ3v) is 1.46. The van der Waals surface area contributed by atoms with Crippen molar-refractivity contribution in [1.82, 2.24) is 0 Å². The zero-order valence-corrected chi connectivity index (χ0v) is 6.87. The van der Waals surface area contributed by atoms with Crippen LogP contribution in [0, 0.1) is 24.2 Å². The summed E-state index contributed by atoms with van der Waals surface area (Å²) >= 11 is 0. The van der Waals surface area contributed by atoms with E-state index in [1.807, 2.05) is 0 Å². The van der Waals surface area contributed by atoms with Crippen molar-refractivity contribution in [2.75, 3.05) is 0 Å². The number of terminal acetylenes is 1. The van der Waals surface area contributed by atoms with E-state index in [0.29, 0.717) is 11.1 Å². The lowest BCUT2D eigenvalue weighted by atomic mass is 10.1. The van der Waals surface area contributed by atoms with Crippen molar-refractivity contribution in [1.29, 1.82) is 0 Å². The first-order valence-electron chi connectivity index (χ1n) is 3.61. The Hall–Kier alpha value is -2.19. The number of amides is 1. The van der Waals surface area contributed by atoms with Crippen LogP contribution in [-0.2, 0) is 0 Å². The molecule has 0 atom stereocenters. The first-order valence-corrected chi connectivity index (χ1v) is 3.61. The minimum absolute atomic E-state index is 0.394. The normalized spacial score (nSPS) is 7.92. The lowest BCUT2D eigenvalue weighted by Gasteiger charge is -1.97. The van der Waals surface area contributed by atoms with Gasteiger partial charge >= 0.3 is 0 Å². The van der Waals surface area contributed by atoms with Gasteiger partial charge in [-0.25, -0.2) is 0 Å². The van der Waals surface area contributed by atoms with Gasteiger partial charge in [0.25, 0.3) is 0 Å². The molecule has 2 heteroatoms. The zero-order chi connectivity index (χ0) is 9.68. The first-order chi connectivity index (χ1) is 6.25. The Morgan fingerprint density at radius 1 is 1.38 bits per heavy atom. The molecule has 0 unspecified atom stereocenters. The first kappa shape index (κ1) is 8.90. The van der Waals surface area contributed by atoms with Crippen LogP contribution in [0.15, 0.2) is 24.3 Å². The molecule has 13 heavy (non-hydrogen) atoms.